The van der Waals surface area contributed by atoms with Crippen LogP contribution in [-0.2, 0) is 23.5 Å². The van der Waals surface area contributed by atoms with Gasteiger partial charge in [-0.05, 0) is 17.5 Å². The Morgan fingerprint density at radius 1 is 1.29 bits per heavy atom. The second-order valence-corrected chi connectivity index (χ2v) is 7.47. The maximum absolute atomic E-state index is 11.0. The van der Waals surface area contributed by atoms with Crippen LogP contribution in [0.1, 0.15) is 5.56 Å². The van der Waals surface area contributed by atoms with Gasteiger partial charge in [0.2, 0.25) is 10.0 Å². The lowest BCUT2D eigenvalue weighted by Crippen LogP contribution is -2.24. The molecule has 0 aliphatic rings. The van der Waals surface area contributed by atoms with Crippen LogP contribution < -0.4 is 9.52 Å². The van der Waals surface area contributed by atoms with Gasteiger partial charge in [-0.1, -0.05) is 24.3 Å². The summed E-state index contributed by atoms with van der Waals surface area (Å²) in [7, 11) is 0.670. The van der Waals surface area contributed by atoms with Crippen molar-refractivity contribution in [2.45, 2.75) is 6.42 Å². The van der Waals surface area contributed by atoms with Gasteiger partial charge in [-0.3, -0.25) is 4.99 Å². The highest BCUT2D eigenvalue weighted by Gasteiger charge is 2.05. The van der Waals surface area contributed by atoms with Crippen molar-refractivity contribution in [3.8, 4) is 11.3 Å². The molecule has 0 saturated carbocycles. The lowest BCUT2D eigenvalue weighted by Gasteiger charge is -2.06. The van der Waals surface area contributed by atoms with Crippen molar-refractivity contribution in [1.29, 1.82) is 0 Å². The van der Waals surface area contributed by atoms with Crippen LogP contribution in [0, 0.1) is 0 Å². The number of hydrogen-bond donors (Lipinski definition) is 1. The van der Waals surface area contributed by atoms with Crippen LogP contribution in [-0.4, -0.2) is 32.8 Å². The molecule has 0 aliphatic heterocycles. The molecule has 0 unspecified atom stereocenters. The normalized spacial score (nSPS) is 12.8. The summed E-state index contributed by atoms with van der Waals surface area (Å²) in [5.74, 6) is 0. The van der Waals surface area contributed by atoms with Gasteiger partial charge >= 0.3 is 0 Å². The SMILES string of the molecule is CN=c1scc(-c2ccc(CCNS(C)(=O)=O)cc2)n1C. The molecule has 0 spiro atoms. The van der Waals surface area contributed by atoms with Gasteiger partial charge in [0.05, 0.1) is 11.9 Å². The standard InChI is InChI=1S/C14H19N3O2S2/c1-15-14-17(2)13(10-20-14)12-6-4-11(5-7-12)8-9-16-21(3,18)19/h4-7,10,16H,8-9H2,1-3H3. The third kappa shape index (κ3) is 4.26. The van der Waals surface area contributed by atoms with Crippen molar-refractivity contribution < 1.29 is 8.42 Å². The number of sulfonamides is 1. The quantitative estimate of drug-likeness (QED) is 0.902. The number of thiazole rings is 1. The van der Waals surface area contributed by atoms with Gasteiger partial charge < -0.3 is 4.57 Å². The van der Waals surface area contributed by atoms with Crippen molar-refractivity contribution in [1.82, 2.24) is 9.29 Å². The highest BCUT2D eigenvalue weighted by Crippen LogP contribution is 2.19. The molecule has 0 aliphatic carbocycles. The number of nitrogens with one attached hydrogen (secondary N) is 1. The van der Waals surface area contributed by atoms with E-state index >= 15 is 0 Å². The van der Waals surface area contributed by atoms with Crippen LogP contribution in [0.15, 0.2) is 34.6 Å². The van der Waals surface area contributed by atoms with E-state index < -0.39 is 10.0 Å². The number of nitrogens with zero attached hydrogens (tertiary/aromatic N) is 2. The maximum Gasteiger partial charge on any atom is 0.208 e. The molecular weight excluding hydrogens is 306 g/mol. The fourth-order valence-electron chi connectivity index (χ4n) is 2.06. The van der Waals surface area contributed by atoms with E-state index in [4.69, 9.17) is 0 Å². The van der Waals surface area contributed by atoms with Gasteiger partial charge in [0, 0.05) is 26.0 Å². The zero-order chi connectivity index (χ0) is 15.5. The summed E-state index contributed by atoms with van der Waals surface area (Å²) in [5, 5.41) is 2.09. The zero-order valence-electron chi connectivity index (χ0n) is 12.3. The molecule has 1 N–H and O–H groups in total. The van der Waals surface area contributed by atoms with E-state index in [0.717, 1.165) is 21.6 Å². The second-order valence-electron chi connectivity index (χ2n) is 4.80. The van der Waals surface area contributed by atoms with E-state index in [-0.39, 0.29) is 0 Å². The first-order valence-electron chi connectivity index (χ1n) is 6.52. The molecule has 0 saturated heterocycles. The topological polar surface area (TPSA) is 63.5 Å². The van der Waals surface area contributed by atoms with Gasteiger partial charge in [0.15, 0.2) is 4.80 Å². The third-order valence-electron chi connectivity index (χ3n) is 3.14. The van der Waals surface area contributed by atoms with E-state index in [0.29, 0.717) is 13.0 Å². The highest BCUT2D eigenvalue weighted by molar-refractivity contribution is 7.88. The Hall–Kier alpha value is -1.44. The van der Waals surface area contributed by atoms with Crippen LogP contribution in [0.25, 0.3) is 11.3 Å². The largest absolute Gasteiger partial charge is 0.320 e. The molecule has 0 amide bonds. The van der Waals surface area contributed by atoms with Crippen molar-refractivity contribution in [3.63, 3.8) is 0 Å². The fourth-order valence-corrected chi connectivity index (χ4v) is 3.40. The Morgan fingerprint density at radius 3 is 2.48 bits per heavy atom. The van der Waals surface area contributed by atoms with Gasteiger partial charge in [-0.15, -0.1) is 11.3 Å². The fraction of sp³-hybridized carbons (Fsp3) is 0.357. The minimum atomic E-state index is -3.11. The van der Waals surface area contributed by atoms with E-state index in [1.165, 1.54) is 6.26 Å². The molecule has 0 fully saturated rings. The summed E-state index contributed by atoms with van der Waals surface area (Å²) in [5.41, 5.74) is 3.36. The predicted octanol–water partition coefficient (Wildman–Crippen LogP) is 1.38. The highest BCUT2D eigenvalue weighted by atomic mass is 32.2. The van der Waals surface area contributed by atoms with Crippen molar-refractivity contribution >= 4 is 21.4 Å². The summed E-state index contributed by atoms with van der Waals surface area (Å²) in [6.45, 7) is 0.420. The molecular formula is C14H19N3O2S2. The molecule has 5 nitrogen and oxygen atoms in total. The molecule has 7 heteroatoms. The van der Waals surface area contributed by atoms with Crippen LogP contribution >= 0.6 is 11.3 Å². The Balaban J connectivity index is 2.10. The average Bonchev–Trinajstić information content (AvgIpc) is 2.79. The maximum atomic E-state index is 11.0. The van der Waals surface area contributed by atoms with Crippen LogP contribution in [0.5, 0.6) is 0 Å². The Morgan fingerprint density at radius 2 is 1.95 bits per heavy atom. The summed E-state index contributed by atoms with van der Waals surface area (Å²) in [4.78, 5) is 5.19. The molecule has 0 bridgehead atoms. The summed E-state index contributed by atoms with van der Waals surface area (Å²) >= 11 is 1.61. The number of hydrogen-bond acceptors (Lipinski definition) is 4. The van der Waals surface area contributed by atoms with Crippen molar-refractivity contribution in [2.75, 3.05) is 19.8 Å². The van der Waals surface area contributed by atoms with E-state index in [2.05, 4.69) is 31.8 Å². The van der Waals surface area contributed by atoms with Crippen molar-refractivity contribution in [2.24, 2.45) is 12.0 Å². The van der Waals surface area contributed by atoms with Crippen LogP contribution in [0.3, 0.4) is 0 Å². The Bertz CT molecular complexity index is 771. The van der Waals surface area contributed by atoms with Gasteiger partial charge in [-0.2, -0.15) is 0 Å². The third-order valence-corrected chi connectivity index (χ3v) is 4.88. The minimum Gasteiger partial charge on any atom is -0.320 e. The molecule has 2 rings (SSSR count). The van der Waals surface area contributed by atoms with Gasteiger partial charge in [0.25, 0.3) is 0 Å². The summed E-state index contributed by atoms with van der Waals surface area (Å²) in [6, 6.07) is 8.16. The molecule has 21 heavy (non-hydrogen) atoms. The van der Waals surface area contributed by atoms with Crippen LogP contribution in [0.2, 0.25) is 0 Å². The van der Waals surface area contributed by atoms with E-state index in [9.17, 15) is 8.42 Å². The van der Waals surface area contributed by atoms with Gasteiger partial charge in [0.1, 0.15) is 0 Å². The minimum absolute atomic E-state index is 0.420. The zero-order valence-corrected chi connectivity index (χ0v) is 14.0. The first-order valence-corrected chi connectivity index (χ1v) is 9.29. The Labute approximate surface area is 129 Å². The van der Waals surface area contributed by atoms with Crippen LogP contribution in [0.4, 0.5) is 0 Å². The number of rotatable bonds is 5. The first-order chi connectivity index (χ1) is 9.90. The monoisotopic (exact) mass is 325 g/mol. The molecule has 1 aromatic heterocycles. The molecule has 1 aromatic carbocycles. The lowest BCUT2D eigenvalue weighted by molar-refractivity contribution is 0.588. The molecule has 0 radical (unpaired) electrons. The average molecular weight is 325 g/mol. The predicted molar refractivity (Wildman–Crippen MR) is 86.8 cm³/mol. The number of benzene rings is 1. The smallest absolute Gasteiger partial charge is 0.208 e. The lowest BCUT2D eigenvalue weighted by atomic mass is 10.1. The molecule has 0 atom stereocenters. The van der Waals surface area contributed by atoms with Crippen molar-refractivity contribution in [3.05, 3.63) is 40.0 Å². The second kappa shape index (κ2) is 6.55. The van der Waals surface area contributed by atoms with Gasteiger partial charge in [-0.25, -0.2) is 13.1 Å². The molecule has 2 aromatic rings. The number of aromatic nitrogens is 1. The molecule has 1 heterocycles. The Kier molecular flexibility index (Phi) is 4.97. The van der Waals surface area contributed by atoms with E-state index in [1.807, 2.05) is 19.2 Å². The summed E-state index contributed by atoms with van der Waals surface area (Å²) < 4.78 is 26.6. The molecule has 114 valence electrons. The summed E-state index contributed by atoms with van der Waals surface area (Å²) in [6.07, 6.45) is 1.85. The van der Waals surface area contributed by atoms with E-state index in [1.54, 1.807) is 18.4 Å². The first kappa shape index (κ1) is 15.9.